The van der Waals surface area contributed by atoms with Crippen LogP contribution in [0.3, 0.4) is 0 Å². The molecule has 2 aromatic carbocycles. The average Bonchev–Trinajstić information content (AvgIpc) is 2.61. The Morgan fingerprint density at radius 3 is 2.07 bits per heavy atom. The number of nitrogens with two attached hydrogens (primary N) is 2. The monoisotopic (exact) mass is 390 g/mol. The lowest BCUT2D eigenvalue weighted by Gasteiger charge is -2.14. The highest BCUT2D eigenvalue weighted by Gasteiger charge is 2.18. The van der Waals surface area contributed by atoms with Gasteiger partial charge < -0.3 is 10.8 Å². The number of hydrogen-bond donors (Lipinski definition) is 4. The average molecular weight is 390 g/mol. The first kappa shape index (κ1) is 20.4. The van der Waals surface area contributed by atoms with Crippen LogP contribution in [-0.2, 0) is 21.1 Å². The number of nitrogens with one attached hydrogen (secondary N) is 1. The number of hydrazine groups is 1. The topological polar surface area (TPSA) is 148 Å². The molecule has 6 N–H and O–H groups in total. The molecule has 9 heteroatoms. The highest BCUT2D eigenvalue weighted by Crippen LogP contribution is 2.23. The Hall–Kier alpha value is -2.91. The number of nitrogens with zero attached hydrogens (tertiary/aromatic N) is 1. The van der Waals surface area contributed by atoms with Gasteiger partial charge in [-0.1, -0.05) is 36.4 Å². The van der Waals surface area contributed by atoms with Crippen molar-refractivity contribution >= 4 is 21.6 Å². The predicted octanol–water partition coefficient (Wildman–Crippen LogP) is 1.13. The zero-order chi connectivity index (χ0) is 20.0. The second-order valence-electron chi connectivity index (χ2n) is 6.16. The second kappa shape index (κ2) is 8.65. The van der Waals surface area contributed by atoms with Crippen molar-refractivity contribution in [2.45, 2.75) is 17.7 Å². The molecule has 0 radical (unpaired) electrons. The molecule has 1 atom stereocenters. The van der Waals surface area contributed by atoms with Crippen molar-refractivity contribution in [2.24, 2.45) is 22.6 Å². The number of sulfone groups is 1. The van der Waals surface area contributed by atoms with E-state index in [9.17, 15) is 13.2 Å². The lowest BCUT2D eigenvalue weighted by Crippen LogP contribution is -2.31. The van der Waals surface area contributed by atoms with Crippen molar-refractivity contribution in [1.82, 2.24) is 5.53 Å². The molecule has 0 bridgehead atoms. The zero-order valence-corrected chi connectivity index (χ0v) is 15.6. The number of hydrazone groups is 1. The predicted molar refractivity (Wildman–Crippen MR) is 103 cm³/mol. The van der Waals surface area contributed by atoms with Gasteiger partial charge in [0.2, 0.25) is 0 Å². The van der Waals surface area contributed by atoms with E-state index in [1.807, 2.05) is 24.3 Å². The number of rotatable bonds is 8. The molecule has 0 aliphatic carbocycles. The molecular weight excluding hydrogens is 368 g/mol. The summed E-state index contributed by atoms with van der Waals surface area (Å²) in [6, 6.07) is 14.1. The van der Waals surface area contributed by atoms with Crippen LogP contribution < -0.4 is 17.1 Å². The van der Waals surface area contributed by atoms with Gasteiger partial charge >= 0.3 is 5.97 Å². The molecule has 2 rings (SSSR count). The standard InChI is InChI=1S/C18H22N4O4S/c1-27(25,26)16-8-6-14(7-9-16)13-4-2-12(3-5-13)10-15(11-17(23)24)18(19)21-22-20/h2-9,15,22H,10-11,20H2,1H3,(H2,19,21)(H,23,24)/t15-/m1/s1. The summed E-state index contributed by atoms with van der Waals surface area (Å²) in [7, 11) is -3.23. The van der Waals surface area contributed by atoms with Crippen LogP contribution in [0.5, 0.6) is 0 Å². The van der Waals surface area contributed by atoms with Crippen LogP contribution >= 0.6 is 0 Å². The van der Waals surface area contributed by atoms with E-state index in [2.05, 4.69) is 10.6 Å². The summed E-state index contributed by atoms with van der Waals surface area (Å²) in [5.41, 5.74) is 10.6. The van der Waals surface area contributed by atoms with Crippen molar-refractivity contribution in [1.29, 1.82) is 0 Å². The summed E-state index contributed by atoms with van der Waals surface area (Å²) >= 11 is 0. The molecule has 0 aliphatic heterocycles. The Morgan fingerprint density at radius 2 is 1.63 bits per heavy atom. The normalized spacial score (nSPS) is 13.2. The van der Waals surface area contributed by atoms with Gasteiger partial charge in [-0.25, -0.2) is 19.8 Å². The molecule has 0 saturated heterocycles. The Balaban J connectivity index is 2.18. The van der Waals surface area contributed by atoms with Gasteiger partial charge in [0, 0.05) is 12.2 Å². The van der Waals surface area contributed by atoms with Crippen LogP contribution in [0.4, 0.5) is 0 Å². The molecule has 0 amide bonds. The quantitative estimate of drug-likeness (QED) is 0.228. The van der Waals surface area contributed by atoms with Crippen LogP contribution in [0.15, 0.2) is 58.5 Å². The smallest absolute Gasteiger partial charge is 0.304 e. The van der Waals surface area contributed by atoms with Gasteiger partial charge in [0.15, 0.2) is 9.84 Å². The van der Waals surface area contributed by atoms with Gasteiger partial charge in [-0.15, -0.1) is 0 Å². The Kier molecular flexibility index (Phi) is 6.54. The molecular formula is C18H22N4O4S. The fourth-order valence-corrected chi connectivity index (χ4v) is 3.30. The largest absolute Gasteiger partial charge is 0.481 e. The number of hydrogen-bond acceptors (Lipinski definition) is 6. The van der Waals surface area contributed by atoms with Crippen molar-refractivity contribution in [3.63, 3.8) is 0 Å². The van der Waals surface area contributed by atoms with E-state index in [-0.39, 0.29) is 17.2 Å². The summed E-state index contributed by atoms with van der Waals surface area (Å²) in [4.78, 5) is 11.3. The van der Waals surface area contributed by atoms with E-state index >= 15 is 0 Å². The van der Waals surface area contributed by atoms with Crippen LogP contribution in [0, 0.1) is 5.92 Å². The Bertz CT molecular complexity index is 923. The van der Waals surface area contributed by atoms with Crippen LogP contribution in [0.2, 0.25) is 0 Å². The van der Waals surface area contributed by atoms with E-state index in [1.54, 1.807) is 24.3 Å². The number of carboxylic acids is 1. The summed E-state index contributed by atoms with van der Waals surface area (Å²) in [6.07, 6.45) is 1.40. The minimum Gasteiger partial charge on any atom is -0.481 e. The van der Waals surface area contributed by atoms with E-state index in [1.165, 1.54) is 6.26 Å². The molecule has 27 heavy (non-hydrogen) atoms. The van der Waals surface area contributed by atoms with Gasteiger partial charge in [-0.05, 0) is 35.2 Å². The first-order valence-corrected chi connectivity index (χ1v) is 9.99. The first-order valence-electron chi connectivity index (χ1n) is 8.10. The summed E-state index contributed by atoms with van der Waals surface area (Å²) in [6.45, 7) is 0. The molecule has 0 fully saturated rings. The lowest BCUT2D eigenvalue weighted by atomic mass is 9.94. The molecule has 2 aromatic rings. The lowest BCUT2D eigenvalue weighted by molar-refractivity contribution is -0.137. The molecule has 0 unspecified atom stereocenters. The van der Waals surface area contributed by atoms with Gasteiger partial charge in [0.25, 0.3) is 0 Å². The van der Waals surface area contributed by atoms with Gasteiger partial charge in [0.05, 0.1) is 11.3 Å². The number of amidine groups is 1. The van der Waals surface area contributed by atoms with E-state index in [4.69, 9.17) is 16.7 Å². The number of benzene rings is 2. The second-order valence-corrected chi connectivity index (χ2v) is 8.17. The maximum absolute atomic E-state index is 11.5. The summed E-state index contributed by atoms with van der Waals surface area (Å²) < 4.78 is 23.1. The van der Waals surface area contributed by atoms with Gasteiger partial charge in [-0.3, -0.25) is 4.79 Å². The van der Waals surface area contributed by atoms with Crippen molar-refractivity contribution in [3.8, 4) is 11.1 Å². The molecule has 0 saturated carbocycles. The molecule has 0 heterocycles. The number of aliphatic carboxylic acids is 1. The third-order valence-corrected chi connectivity index (χ3v) is 5.21. The van der Waals surface area contributed by atoms with Crippen molar-refractivity contribution in [3.05, 3.63) is 54.1 Å². The van der Waals surface area contributed by atoms with Crippen LogP contribution in [0.25, 0.3) is 11.1 Å². The molecule has 0 aromatic heterocycles. The fraction of sp³-hybridized carbons (Fsp3) is 0.222. The van der Waals surface area contributed by atoms with E-state index in [0.717, 1.165) is 16.7 Å². The minimum absolute atomic E-state index is 0.125. The van der Waals surface area contributed by atoms with E-state index < -0.39 is 21.7 Å². The maximum atomic E-state index is 11.5. The SMILES string of the molecule is CS(=O)(=O)c1ccc(-c2ccc(C[C@H](CC(=O)O)/C(N)=N/NN)cc2)cc1. The Labute approximate surface area is 157 Å². The highest BCUT2D eigenvalue weighted by molar-refractivity contribution is 7.90. The van der Waals surface area contributed by atoms with Crippen molar-refractivity contribution < 1.29 is 18.3 Å². The molecule has 0 spiro atoms. The van der Waals surface area contributed by atoms with Gasteiger partial charge in [-0.2, -0.15) is 5.10 Å². The number of carbonyl (C=O) groups is 1. The van der Waals surface area contributed by atoms with Crippen LogP contribution in [0.1, 0.15) is 12.0 Å². The van der Waals surface area contributed by atoms with Crippen LogP contribution in [-0.4, -0.2) is 31.6 Å². The summed E-state index contributed by atoms with van der Waals surface area (Å²) in [5, 5.41) is 12.7. The van der Waals surface area contributed by atoms with Gasteiger partial charge in [0.1, 0.15) is 5.84 Å². The molecule has 0 aliphatic rings. The zero-order valence-electron chi connectivity index (χ0n) is 14.8. The number of carboxylic acid groups (broad SMARTS) is 1. The Morgan fingerprint density at radius 1 is 1.11 bits per heavy atom. The maximum Gasteiger partial charge on any atom is 0.304 e. The first-order chi connectivity index (χ1) is 12.7. The molecule has 8 nitrogen and oxygen atoms in total. The minimum atomic E-state index is -3.23. The van der Waals surface area contributed by atoms with E-state index in [0.29, 0.717) is 6.42 Å². The molecule has 144 valence electrons. The highest BCUT2D eigenvalue weighted by atomic mass is 32.2. The fourth-order valence-electron chi connectivity index (χ4n) is 2.67. The summed E-state index contributed by atoms with van der Waals surface area (Å²) in [5.74, 6) is 3.77. The third kappa shape index (κ3) is 5.80. The third-order valence-electron chi connectivity index (χ3n) is 4.08. The van der Waals surface area contributed by atoms with Crippen molar-refractivity contribution in [2.75, 3.05) is 6.26 Å².